The molecule has 2 aliphatic heterocycles. The number of rotatable bonds is 0. The van der Waals surface area contributed by atoms with Crippen molar-refractivity contribution < 1.29 is 9.53 Å². The summed E-state index contributed by atoms with van der Waals surface area (Å²) in [5, 5.41) is 8.85. The average Bonchev–Trinajstić information content (AvgIpc) is 2.07. The molecule has 1 fully saturated rings. The number of alkyl halides is 1. The van der Waals surface area contributed by atoms with Crippen molar-refractivity contribution >= 4 is 37.8 Å². The maximum atomic E-state index is 11.4. The maximum absolute atomic E-state index is 11.4. The Morgan fingerprint density at radius 1 is 1.77 bits per heavy atom. The van der Waals surface area contributed by atoms with E-state index in [1.807, 2.05) is 0 Å². The monoisotopic (exact) mass is 305 g/mol. The minimum Gasteiger partial charge on any atom is -0.456 e. The highest BCUT2D eigenvalue weighted by molar-refractivity contribution is 9.12. The first-order valence-electron chi connectivity index (χ1n) is 3.76. The molecule has 0 spiro atoms. The molecule has 0 aromatic rings. The van der Waals surface area contributed by atoms with E-state index in [4.69, 9.17) is 10.00 Å². The van der Waals surface area contributed by atoms with Gasteiger partial charge in [0, 0.05) is 10.9 Å². The second-order valence-corrected chi connectivity index (χ2v) is 5.34. The van der Waals surface area contributed by atoms with Crippen molar-refractivity contribution in [1.29, 1.82) is 5.26 Å². The lowest BCUT2D eigenvalue weighted by Gasteiger charge is -2.41. The van der Waals surface area contributed by atoms with Gasteiger partial charge in [0.2, 0.25) is 0 Å². The lowest BCUT2D eigenvalue weighted by molar-refractivity contribution is -0.156. The third-order valence-corrected chi connectivity index (χ3v) is 4.18. The zero-order valence-electron chi connectivity index (χ0n) is 6.46. The van der Waals surface area contributed by atoms with Gasteiger partial charge in [-0.15, -0.1) is 0 Å². The molecule has 3 nitrogen and oxygen atoms in total. The number of hydrogen-bond acceptors (Lipinski definition) is 3. The molecule has 0 N–H and O–H groups in total. The van der Waals surface area contributed by atoms with Gasteiger partial charge in [-0.2, -0.15) is 5.26 Å². The van der Waals surface area contributed by atoms with E-state index in [1.54, 1.807) is 6.08 Å². The Morgan fingerprint density at radius 3 is 3.08 bits per heavy atom. The van der Waals surface area contributed by atoms with Gasteiger partial charge in [-0.1, -0.05) is 31.9 Å². The van der Waals surface area contributed by atoms with E-state index in [1.165, 1.54) is 0 Å². The Kier molecular flexibility index (Phi) is 2.00. The van der Waals surface area contributed by atoms with Gasteiger partial charge in [0.25, 0.3) is 0 Å². The number of ether oxygens (including phenoxy) is 1. The highest BCUT2D eigenvalue weighted by atomic mass is 79.9. The molecule has 3 rings (SSSR count). The second-order valence-electron chi connectivity index (χ2n) is 3.11. The molecule has 2 bridgehead atoms. The number of nitriles is 1. The maximum Gasteiger partial charge on any atom is 0.328 e. The summed E-state index contributed by atoms with van der Waals surface area (Å²) in [6.07, 6.45) is 2.02. The molecule has 3 aliphatic rings. The Morgan fingerprint density at radius 2 is 2.46 bits per heavy atom. The van der Waals surface area contributed by atoms with Gasteiger partial charge >= 0.3 is 5.97 Å². The fourth-order valence-electron chi connectivity index (χ4n) is 1.56. The van der Waals surface area contributed by atoms with Gasteiger partial charge in [-0.25, -0.2) is 0 Å². The van der Waals surface area contributed by atoms with E-state index >= 15 is 0 Å². The number of esters is 1. The first-order chi connectivity index (χ1) is 6.08. The lowest BCUT2D eigenvalue weighted by Crippen LogP contribution is -2.51. The summed E-state index contributed by atoms with van der Waals surface area (Å²) in [7, 11) is 0. The SMILES string of the molecule is N#CC1CC2OC(=O)C1(Br)C=C2Br. The standard InChI is InChI=1S/C8H5Br2NO2/c9-5-2-8(10)4(3-11)1-6(5)13-7(8)12/h2,4,6H,1H2. The zero-order chi connectivity index (χ0) is 9.64. The van der Waals surface area contributed by atoms with Crippen molar-refractivity contribution in [2.45, 2.75) is 16.8 Å². The Hall–Kier alpha value is -0.340. The number of hydrogen-bond donors (Lipinski definition) is 0. The van der Waals surface area contributed by atoms with Crippen LogP contribution in [0.1, 0.15) is 6.42 Å². The van der Waals surface area contributed by atoms with Crippen molar-refractivity contribution in [1.82, 2.24) is 0 Å². The molecule has 0 radical (unpaired) electrons. The Balaban J connectivity index is 2.50. The van der Waals surface area contributed by atoms with Gasteiger partial charge in [0.15, 0.2) is 4.32 Å². The molecule has 0 aromatic heterocycles. The van der Waals surface area contributed by atoms with Crippen LogP contribution in [-0.4, -0.2) is 16.4 Å². The molecule has 5 heteroatoms. The van der Waals surface area contributed by atoms with Crippen LogP contribution in [0, 0.1) is 17.2 Å². The van der Waals surface area contributed by atoms with Gasteiger partial charge < -0.3 is 4.74 Å². The van der Waals surface area contributed by atoms with Gasteiger partial charge in [0.05, 0.1) is 12.0 Å². The third kappa shape index (κ3) is 1.16. The molecule has 3 atom stereocenters. The predicted octanol–water partition coefficient (Wildman–Crippen LogP) is 1.87. The Labute approximate surface area is 92.0 Å². The number of fused-ring (bicyclic) bond motifs is 2. The number of carbonyl (C=O) groups is 1. The van der Waals surface area contributed by atoms with Crippen LogP contribution in [-0.2, 0) is 9.53 Å². The summed E-state index contributed by atoms with van der Waals surface area (Å²) in [6, 6.07) is 2.11. The zero-order valence-corrected chi connectivity index (χ0v) is 9.63. The summed E-state index contributed by atoms with van der Waals surface area (Å²) in [5.74, 6) is -0.696. The predicted molar refractivity (Wildman–Crippen MR) is 52.3 cm³/mol. The fraction of sp³-hybridized carbons (Fsp3) is 0.500. The second kappa shape index (κ2) is 2.82. The van der Waals surface area contributed by atoms with Crippen molar-refractivity contribution in [3.8, 4) is 6.07 Å². The van der Waals surface area contributed by atoms with Crippen LogP contribution >= 0.6 is 31.9 Å². The minimum atomic E-state index is -0.935. The van der Waals surface area contributed by atoms with Gasteiger partial charge in [-0.05, 0) is 6.08 Å². The van der Waals surface area contributed by atoms with E-state index in [2.05, 4.69) is 37.9 Å². The van der Waals surface area contributed by atoms with Crippen LogP contribution < -0.4 is 0 Å². The fourth-order valence-corrected chi connectivity index (χ4v) is 3.14. The van der Waals surface area contributed by atoms with E-state index in [0.717, 1.165) is 4.48 Å². The lowest BCUT2D eigenvalue weighted by atomic mass is 9.81. The molecule has 1 saturated heterocycles. The van der Waals surface area contributed by atoms with E-state index in [9.17, 15) is 4.79 Å². The molecular formula is C8H5Br2NO2. The van der Waals surface area contributed by atoms with Gasteiger partial charge in [-0.3, -0.25) is 4.79 Å². The summed E-state index contributed by atoms with van der Waals surface area (Å²) >= 11 is 6.57. The third-order valence-electron chi connectivity index (χ3n) is 2.33. The van der Waals surface area contributed by atoms with Crippen molar-refractivity contribution in [2.75, 3.05) is 0 Å². The molecule has 2 heterocycles. The smallest absolute Gasteiger partial charge is 0.328 e. The summed E-state index contributed by atoms with van der Waals surface area (Å²) in [6.45, 7) is 0. The average molecular weight is 307 g/mol. The van der Waals surface area contributed by atoms with Crippen molar-refractivity contribution in [3.05, 3.63) is 10.6 Å². The molecule has 0 aromatic carbocycles. The van der Waals surface area contributed by atoms with Crippen LogP contribution in [0.5, 0.6) is 0 Å². The molecule has 13 heavy (non-hydrogen) atoms. The van der Waals surface area contributed by atoms with Crippen LogP contribution in [0.3, 0.4) is 0 Å². The van der Waals surface area contributed by atoms with Crippen LogP contribution in [0.2, 0.25) is 0 Å². The van der Waals surface area contributed by atoms with E-state index in [0.29, 0.717) is 6.42 Å². The number of nitrogens with zero attached hydrogens (tertiary/aromatic N) is 1. The Bertz CT molecular complexity index is 347. The van der Waals surface area contributed by atoms with Crippen molar-refractivity contribution in [3.63, 3.8) is 0 Å². The summed E-state index contributed by atoms with van der Waals surface area (Å²) in [4.78, 5) is 11.4. The van der Waals surface area contributed by atoms with Crippen LogP contribution in [0.25, 0.3) is 0 Å². The van der Waals surface area contributed by atoms with Crippen LogP contribution in [0.15, 0.2) is 10.6 Å². The number of carbonyl (C=O) groups excluding carboxylic acids is 1. The molecular weight excluding hydrogens is 302 g/mol. The topological polar surface area (TPSA) is 50.1 Å². The highest BCUT2D eigenvalue weighted by Crippen LogP contribution is 2.47. The number of halogens is 2. The molecule has 1 aliphatic carbocycles. The largest absolute Gasteiger partial charge is 0.456 e. The van der Waals surface area contributed by atoms with Crippen molar-refractivity contribution in [2.24, 2.45) is 5.92 Å². The molecule has 0 amide bonds. The van der Waals surface area contributed by atoms with E-state index < -0.39 is 4.32 Å². The molecule has 68 valence electrons. The highest BCUT2D eigenvalue weighted by Gasteiger charge is 2.54. The quantitative estimate of drug-likeness (QED) is 0.507. The first kappa shape index (κ1) is 9.22. The van der Waals surface area contributed by atoms with Crippen LogP contribution in [0.4, 0.5) is 0 Å². The van der Waals surface area contributed by atoms with E-state index in [-0.39, 0.29) is 18.0 Å². The van der Waals surface area contributed by atoms with Gasteiger partial charge in [0.1, 0.15) is 6.10 Å². The molecule has 3 unspecified atom stereocenters. The minimum absolute atomic E-state index is 0.267. The summed E-state index contributed by atoms with van der Waals surface area (Å²) in [5.41, 5.74) is 0. The molecule has 0 saturated carbocycles. The summed E-state index contributed by atoms with van der Waals surface area (Å²) < 4.78 is 4.99. The normalized spacial score (nSPS) is 42.2. The first-order valence-corrected chi connectivity index (χ1v) is 5.34.